The van der Waals surface area contributed by atoms with Crippen molar-refractivity contribution in [2.75, 3.05) is 0 Å². The van der Waals surface area contributed by atoms with Gasteiger partial charge in [0.25, 0.3) is 0 Å². The molecule has 2 aliphatic rings. The maximum Gasteiger partial charge on any atom is 0.158 e. The molecule has 0 saturated heterocycles. The van der Waals surface area contributed by atoms with Crippen molar-refractivity contribution >= 4 is 5.78 Å². The lowest BCUT2D eigenvalue weighted by Gasteiger charge is -2.27. The average Bonchev–Trinajstić information content (AvgIpc) is 2.30. The normalized spacial score (nSPS) is 24.3. The van der Waals surface area contributed by atoms with Gasteiger partial charge in [0, 0.05) is 6.42 Å². The summed E-state index contributed by atoms with van der Waals surface area (Å²) in [6.45, 7) is 17.0. The van der Waals surface area contributed by atoms with Gasteiger partial charge in [-0.3, -0.25) is 4.79 Å². The average molecular weight is 274 g/mol. The van der Waals surface area contributed by atoms with Crippen molar-refractivity contribution in [2.24, 2.45) is 10.8 Å². The van der Waals surface area contributed by atoms with E-state index < -0.39 is 0 Å². The van der Waals surface area contributed by atoms with Crippen LogP contribution in [0.2, 0.25) is 0 Å². The third-order valence-corrected chi connectivity index (χ3v) is 4.28. The zero-order valence-corrected chi connectivity index (χ0v) is 14.1. The summed E-state index contributed by atoms with van der Waals surface area (Å²) in [6.07, 6.45) is 8.58. The van der Waals surface area contributed by atoms with Crippen molar-refractivity contribution in [3.63, 3.8) is 0 Å². The smallest absolute Gasteiger partial charge is 0.158 e. The minimum Gasteiger partial charge on any atom is -0.295 e. The molecule has 2 aliphatic carbocycles. The first-order valence-electron chi connectivity index (χ1n) is 7.63. The molecule has 0 amide bonds. The van der Waals surface area contributed by atoms with Gasteiger partial charge in [0.1, 0.15) is 0 Å². The molecule has 0 aromatic carbocycles. The first-order valence-corrected chi connectivity index (χ1v) is 7.63. The molecular formula is C19H30O. The topological polar surface area (TPSA) is 17.1 Å². The summed E-state index contributed by atoms with van der Waals surface area (Å²) in [4.78, 5) is 11.0. The van der Waals surface area contributed by atoms with Crippen molar-refractivity contribution in [2.45, 2.75) is 67.2 Å². The van der Waals surface area contributed by atoms with Crippen LogP contribution >= 0.6 is 0 Å². The molecule has 0 aromatic rings. The molecule has 0 heterocycles. The molecule has 1 heteroatoms. The third kappa shape index (κ3) is 5.11. The fourth-order valence-corrected chi connectivity index (χ4v) is 2.80. The number of hydrogen-bond acceptors (Lipinski definition) is 1. The SMILES string of the molecule is C=C1CCC(C)(C)C=C1C.CC1=CC(C)(C)CCC1=O. The summed E-state index contributed by atoms with van der Waals surface area (Å²) in [5.74, 6) is 0.319. The van der Waals surface area contributed by atoms with Crippen LogP contribution in [0.25, 0.3) is 0 Å². The van der Waals surface area contributed by atoms with Crippen LogP contribution in [-0.4, -0.2) is 5.78 Å². The molecule has 0 fully saturated rings. The fourth-order valence-electron chi connectivity index (χ4n) is 2.80. The van der Waals surface area contributed by atoms with Crippen molar-refractivity contribution < 1.29 is 4.79 Å². The number of rotatable bonds is 0. The second kappa shape index (κ2) is 6.11. The summed E-state index contributed by atoms with van der Waals surface area (Å²) in [6, 6.07) is 0. The van der Waals surface area contributed by atoms with E-state index in [2.05, 4.69) is 53.3 Å². The quantitative estimate of drug-likeness (QED) is 0.559. The second-order valence-electron chi connectivity index (χ2n) is 7.66. The van der Waals surface area contributed by atoms with Gasteiger partial charge in [0.05, 0.1) is 0 Å². The first-order chi connectivity index (χ1) is 9.02. The highest BCUT2D eigenvalue weighted by atomic mass is 16.1. The van der Waals surface area contributed by atoms with Crippen molar-refractivity contribution in [3.05, 3.63) is 35.5 Å². The van der Waals surface area contributed by atoms with E-state index in [0.29, 0.717) is 11.2 Å². The molecular weight excluding hydrogens is 244 g/mol. The van der Waals surface area contributed by atoms with E-state index in [9.17, 15) is 4.79 Å². The van der Waals surface area contributed by atoms with Crippen LogP contribution in [-0.2, 0) is 4.79 Å². The first kappa shape index (κ1) is 16.9. The molecule has 0 N–H and O–H groups in total. The zero-order chi connectivity index (χ0) is 15.6. The molecule has 0 bridgehead atoms. The Morgan fingerprint density at radius 2 is 1.35 bits per heavy atom. The van der Waals surface area contributed by atoms with E-state index in [-0.39, 0.29) is 5.41 Å². The van der Waals surface area contributed by atoms with Gasteiger partial charge in [-0.05, 0) is 49.5 Å². The monoisotopic (exact) mass is 274 g/mol. The van der Waals surface area contributed by atoms with Gasteiger partial charge in [-0.1, -0.05) is 57.6 Å². The minimum atomic E-state index is 0.248. The largest absolute Gasteiger partial charge is 0.295 e. The van der Waals surface area contributed by atoms with Crippen molar-refractivity contribution in [1.82, 2.24) is 0 Å². The number of hydrogen-bond donors (Lipinski definition) is 0. The van der Waals surface area contributed by atoms with Crippen LogP contribution in [0, 0.1) is 10.8 Å². The number of ketones is 1. The molecule has 0 aliphatic heterocycles. The van der Waals surface area contributed by atoms with Crippen LogP contribution in [0.15, 0.2) is 35.5 Å². The van der Waals surface area contributed by atoms with Crippen LogP contribution in [0.3, 0.4) is 0 Å². The highest BCUT2D eigenvalue weighted by molar-refractivity contribution is 5.95. The van der Waals surface area contributed by atoms with Crippen LogP contribution in [0.4, 0.5) is 0 Å². The molecule has 112 valence electrons. The lowest BCUT2D eigenvalue weighted by molar-refractivity contribution is -0.116. The highest BCUT2D eigenvalue weighted by Crippen LogP contribution is 2.34. The Morgan fingerprint density at radius 3 is 1.70 bits per heavy atom. The van der Waals surface area contributed by atoms with Crippen molar-refractivity contribution in [1.29, 1.82) is 0 Å². The summed E-state index contributed by atoms with van der Waals surface area (Å²) in [7, 11) is 0. The Morgan fingerprint density at radius 1 is 0.900 bits per heavy atom. The number of allylic oxidation sites excluding steroid dienone is 5. The molecule has 0 spiro atoms. The standard InChI is InChI=1S/C10H16.C9H14O/c1-8-5-6-10(3,4)7-9(8)2;1-7-6-9(2,3)5-4-8(7)10/h7H,1,5-6H2,2-4H3;6H,4-5H2,1-3H3. The predicted octanol–water partition coefficient (Wildman–Crippen LogP) is 5.63. The minimum absolute atomic E-state index is 0.248. The molecule has 0 radical (unpaired) electrons. The van der Waals surface area contributed by atoms with E-state index in [1.165, 1.54) is 24.0 Å². The summed E-state index contributed by atoms with van der Waals surface area (Å²) >= 11 is 0. The van der Waals surface area contributed by atoms with Gasteiger partial charge in [0.2, 0.25) is 0 Å². The third-order valence-electron chi connectivity index (χ3n) is 4.28. The van der Waals surface area contributed by atoms with E-state index in [1.54, 1.807) is 0 Å². The fraction of sp³-hybridized carbons (Fsp3) is 0.632. The van der Waals surface area contributed by atoms with Gasteiger partial charge in [-0.2, -0.15) is 0 Å². The maximum absolute atomic E-state index is 11.0. The Hall–Kier alpha value is -1.11. The molecule has 0 unspecified atom stereocenters. The number of Topliss-reactive ketones (excluding diaryl/α,β-unsaturated/α-hetero) is 1. The lowest BCUT2D eigenvalue weighted by Crippen LogP contribution is -2.18. The van der Waals surface area contributed by atoms with Crippen LogP contribution in [0.1, 0.15) is 67.2 Å². The molecule has 0 atom stereocenters. The van der Waals surface area contributed by atoms with Crippen LogP contribution in [0.5, 0.6) is 0 Å². The van der Waals surface area contributed by atoms with Gasteiger partial charge in [-0.25, -0.2) is 0 Å². The molecule has 20 heavy (non-hydrogen) atoms. The molecule has 0 aromatic heterocycles. The lowest BCUT2D eigenvalue weighted by atomic mass is 9.78. The zero-order valence-electron chi connectivity index (χ0n) is 14.1. The van der Waals surface area contributed by atoms with Gasteiger partial charge in [0.15, 0.2) is 5.78 Å². The highest BCUT2D eigenvalue weighted by Gasteiger charge is 2.23. The Kier molecular flexibility index (Phi) is 5.18. The van der Waals surface area contributed by atoms with E-state index in [0.717, 1.165) is 18.4 Å². The van der Waals surface area contributed by atoms with E-state index in [4.69, 9.17) is 0 Å². The Bertz CT molecular complexity index is 414. The summed E-state index contributed by atoms with van der Waals surface area (Å²) < 4.78 is 0. The maximum atomic E-state index is 11.0. The molecule has 2 rings (SSSR count). The number of carbonyl (C=O) groups excluding carboxylic acids is 1. The molecule has 1 nitrogen and oxygen atoms in total. The second-order valence-corrected chi connectivity index (χ2v) is 7.66. The van der Waals surface area contributed by atoms with Gasteiger partial charge in [-0.15, -0.1) is 0 Å². The Balaban J connectivity index is 0.000000200. The predicted molar refractivity (Wildman–Crippen MR) is 87.7 cm³/mol. The molecule has 0 saturated carbocycles. The van der Waals surface area contributed by atoms with Gasteiger partial charge >= 0.3 is 0 Å². The van der Waals surface area contributed by atoms with E-state index >= 15 is 0 Å². The van der Waals surface area contributed by atoms with Crippen molar-refractivity contribution in [3.8, 4) is 0 Å². The van der Waals surface area contributed by atoms with Crippen LogP contribution < -0.4 is 0 Å². The van der Waals surface area contributed by atoms with E-state index in [1.807, 2.05) is 6.92 Å². The number of carbonyl (C=O) groups is 1. The summed E-state index contributed by atoms with van der Waals surface area (Å²) in [5.41, 5.74) is 4.30. The Labute approximate surface area is 124 Å². The summed E-state index contributed by atoms with van der Waals surface area (Å²) in [5, 5.41) is 0. The van der Waals surface area contributed by atoms with Gasteiger partial charge < -0.3 is 0 Å².